The molecule has 0 rings (SSSR count). The topological polar surface area (TPSA) is 37.4 Å². The van der Waals surface area contributed by atoms with Crippen LogP contribution in [0.4, 0.5) is 0 Å². The van der Waals surface area contributed by atoms with E-state index in [4.69, 9.17) is 0 Å². The zero-order chi connectivity index (χ0) is 11.4. The molecule has 0 saturated heterocycles. The third-order valence-electron chi connectivity index (χ3n) is 1.81. The first kappa shape index (κ1) is 13.0. The summed E-state index contributed by atoms with van der Waals surface area (Å²) in [7, 11) is -1.62. The highest BCUT2D eigenvalue weighted by molar-refractivity contribution is 7.88. The van der Waals surface area contributed by atoms with E-state index in [0.717, 1.165) is 5.57 Å². The van der Waals surface area contributed by atoms with Gasteiger partial charge < -0.3 is 0 Å². The zero-order valence-corrected chi connectivity index (χ0v) is 9.93. The van der Waals surface area contributed by atoms with Crippen LogP contribution in [0.5, 0.6) is 0 Å². The van der Waals surface area contributed by atoms with Crippen molar-refractivity contribution in [3.05, 3.63) is 36.1 Å². The van der Waals surface area contributed by atoms with Gasteiger partial charge in [-0.25, -0.2) is 8.42 Å². The second-order valence-corrected chi connectivity index (χ2v) is 5.18. The van der Waals surface area contributed by atoms with E-state index in [1.165, 1.54) is 17.6 Å². The van der Waals surface area contributed by atoms with Crippen LogP contribution in [-0.4, -0.2) is 26.0 Å². The quantitative estimate of drug-likeness (QED) is 0.672. The molecule has 0 fully saturated rings. The van der Waals surface area contributed by atoms with Gasteiger partial charge in [-0.1, -0.05) is 18.7 Å². The molecule has 0 aliphatic rings. The van der Waals surface area contributed by atoms with Crippen molar-refractivity contribution in [3.8, 4) is 0 Å². The standard InChI is InChI=1S/C10H17NO2S/c1-6-7-9(2)8-10(3)11(4)14(5,12)13/h6-8H,1H2,2-5H3/b9-7-,10-8+. The van der Waals surface area contributed by atoms with Crippen molar-refractivity contribution >= 4 is 10.0 Å². The predicted octanol–water partition coefficient (Wildman–Crippen LogP) is 1.91. The van der Waals surface area contributed by atoms with Gasteiger partial charge in [0.2, 0.25) is 10.0 Å². The molecular formula is C10H17NO2S. The van der Waals surface area contributed by atoms with E-state index in [9.17, 15) is 8.42 Å². The zero-order valence-electron chi connectivity index (χ0n) is 9.11. The summed E-state index contributed by atoms with van der Waals surface area (Å²) in [6.07, 6.45) is 6.46. The third-order valence-corrected chi connectivity index (χ3v) is 3.09. The lowest BCUT2D eigenvalue weighted by atomic mass is 10.2. The maximum Gasteiger partial charge on any atom is 0.231 e. The Hall–Kier alpha value is -1.03. The highest BCUT2D eigenvalue weighted by Crippen LogP contribution is 2.08. The smallest absolute Gasteiger partial charge is 0.231 e. The van der Waals surface area contributed by atoms with E-state index in [0.29, 0.717) is 5.70 Å². The van der Waals surface area contributed by atoms with E-state index in [-0.39, 0.29) is 0 Å². The maximum absolute atomic E-state index is 11.2. The lowest BCUT2D eigenvalue weighted by Gasteiger charge is -2.16. The molecule has 0 aromatic rings. The van der Waals surface area contributed by atoms with Crippen LogP contribution in [0, 0.1) is 0 Å². The van der Waals surface area contributed by atoms with Gasteiger partial charge in [0.1, 0.15) is 0 Å². The summed E-state index contributed by atoms with van der Waals surface area (Å²) < 4.78 is 23.6. The van der Waals surface area contributed by atoms with Crippen molar-refractivity contribution in [3.63, 3.8) is 0 Å². The molecule has 0 aliphatic heterocycles. The molecule has 0 spiro atoms. The van der Waals surface area contributed by atoms with E-state index in [1.807, 2.05) is 13.0 Å². The molecule has 0 amide bonds. The predicted molar refractivity (Wildman–Crippen MR) is 60.3 cm³/mol. The summed E-state index contributed by atoms with van der Waals surface area (Å²) in [6.45, 7) is 7.21. The Kier molecular flexibility index (Phi) is 4.63. The number of hydrogen-bond acceptors (Lipinski definition) is 2. The monoisotopic (exact) mass is 215 g/mol. The minimum Gasteiger partial charge on any atom is -0.278 e. The summed E-state index contributed by atoms with van der Waals surface area (Å²) in [6, 6.07) is 0. The third kappa shape index (κ3) is 4.28. The SMILES string of the molecule is C=C/C=C(C)\C=C(/C)N(C)S(C)(=O)=O. The minimum absolute atomic E-state index is 0.683. The summed E-state index contributed by atoms with van der Waals surface area (Å²) in [4.78, 5) is 0. The molecular weight excluding hydrogens is 198 g/mol. The van der Waals surface area contributed by atoms with E-state index >= 15 is 0 Å². The van der Waals surface area contributed by atoms with Gasteiger partial charge in [0.25, 0.3) is 0 Å². The molecule has 0 radical (unpaired) electrons. The van der Waals surface area contributed by atoms with Crippen LogP contribution in [0.1, 0.15) is 13.8 Å². The van der Waals surface area contributed by atoms with Crippen LogP contribution in [0.2, 0.25) is 0 Å². The first-order chi connectivity index (χ1) is 6.29. The number of rotatable bonds is 4. The van der Waals surface area contributed by atoms with Gasteiger partial charge in [-0.05, 0) is 25.5 Å². The van der Waals surface area contributed by atoms with Crippen LogP contribution < -0.4 is 0 Å². The average molecular weight is 215 g/mol. The Morgan fingerprint density at radius 3 is 2.21 bits per heavy atom. The largest absolute Gasteiger partial charge is 0.278 e. The summed E-state index contributed by atoms with van der Waals surface area (Å²) in [5.41, 5.74) is 1.65. The molecule has 0 aliphatic carbocycles. The summed E-state index contributed by atoms with van der Waals surface area (Å²) >= 11 is 0. The Bertz CT molecular complexity index is 364. The lowest BCUT2D eigenvalue weighted by Crippen LogP contribution is -2.23. The number of sulfonamides is 1. The Morgan fingerprint density at radius 2 is 1.86 bits per heavy atom. The first-order valence-corrected chi connectivity index (χ1v) is 6.05. The van der Waals surface area contributed by atoms with Gasteiger partial charge in [0.05, 0.1) is 6.26 Å². The second kappa shape index (κ2) is 5.00. The normalized spacial score (nSPS) is 14.0. The van der Waals surface area contributed by atoms with Gasteiger partial charge >= 0.3 is 0 Å². The average Bonchev–Trinajstić information content (AvgIpc) is 2.01. The Morgan fingerprint density at radius 1 is 1.36 bits per heavy atom. The van der Waals surface area contributed by atoms with E-state index in [1.54, 1.807) is 19.1 Å². The molecule has 0 aromatic heterocycles. The molecule has 0 atom stereocenters. The fourth-order valence-corrected chi connectivity index (χ4v) is 1.49. The van der Waals surface area contributed by atoms with Crippen molar-refractivity contribution in [1.29, 1.82) is 0 Å². The molecule has 3 nitrogen and oxygen atoms in total. The first-order valence-electron chi connectivity index (χ1n) is 4.20. The Labute approximate surface area is 86.5 Å². The van der Waals surface area contributed by atoms with Crippen LogP contribution >= 0.6 is 0 Å². The van der Waals surface area contributed by atoms with Crippen LogP contribution in [0.25, 0.3) is 0 Å². The van der Waals surface area contributed by atoms with Crippen molar-refractivity contribution in [2.24, 2.45) is 0 Å². The van der Waals surface area contributed by atoms with Gasteiger partial charge in [-0.3, -0.25) is 4.31 Å². The molecule has 0 N–H and O–H groups in total. The molecule has 0 saturated carbocycles. The minimum atomic E-state index is -3.15. The van der Waals surface area contributed by atoms with Crippen LogP contribution in [-0.2, 0) is 10.0 Å². The van der Waals surface area contributed by atoms with Crippen LogP contribution in [0.15, 0.2) is 36.1 Å². The molecule has 0 heterocycles. The van der Waals surface area contributed by atoms with Crippen molar-refractivity contribution in [1.82, 2.24) is 4.31 Å². The van der Waals surface area contributed by atoms with Crippen molar-refractivity contribution < 1.29 is 8.42 Å². The molecule has 0 aromatic carbocycles. The van der Waals surface area contributed by atoms with E-state index < -0.39 is 10.0 Å². The highest BCUT2D eigenvalue weighted by Gasteiger charge is 2.10. The molecule has 4 heteroatoms. The molecule has 80 valence electrons. The van der Waals surface area contributed by atoms with Crippen molar-refractivity contribution in [2.45, 2.75) is 13.8 Å². The van der Waals surface area contributed by atoms with Gasteiger partial charge in [0, 0.05) is 12.7 Å². The van der Waals surface area contributed by atoms with Crippen LogP contribution in [0.3, 0.4) is 0 Å². The number of nitrogens with zero attached hydrogens (tertiary/aromatic N) is 1. The lowest BCUT2D eigenvalue weighted by molar-refractivity contribution is 0.530. The molecule has 0 unspecified atom stereocenters. The number of allylic oxidation sites excluding steroid dienone is 5. The van der Waals surface area contributed by atoms with Gasteiger partial charge in [-0.15, -0.1) is 0 Å². The van der Waals surface area contributed by atoms with E-state index in [2.05, 4.69) is 6.58 Å². The summed E-state index contributed by atoms with van der Waals surface area (Å²) in [5, 5.41) is 0. The highest BCUT2D eigenvalue weighted by atomic mass is 32.2. The second-order valence-electron chi connectivity index (χ2n) is 3.16. The fourth-order valence-electron chi connectivity index (χ4n) is 0.916. The van der Waals surface area contributed by atoms with Gasteiger partial charge in [0.15, 0.2) is 0 Å². The fraction of sp³-hybridized carbons (Fsp3) is 0.400. The maximum atomic E-state index is 11.2. The Balaban J connectivity index is 4.88. The molecule has 14 heavy (non-hydrogen) atoms. The summed E-state index contributed by atoms with van der Waals surface area (Å²) in [5.74, 6) is 0. The molecule has 0 bridgehead atoms. The van der Waals surface area contributed by atoms with Crippen molar-refractivity contribution in [2.75, 3.05) is 13.3 Å². The van der Waals surface area contributed by atoms with Gasteiger partial charge in [-0.2, -0.15) is 0 Å². The number of hydrogen-bond donors (Lipinski definition) is 0.